The van der Waals surface area contributed by atoms with E-state index < -0.39 is 0 Å². The van der Waals surface area contributed by atoms with Crippen LogP contribution in [0.2, 0.25) is 5.02 Å². The highest BCUT2D eigenvalue weighted by molar-refractivity contribution is 8.31. The van der Waals surface area contributed by atoms with Gasteiger partial charge in [0.15, 0.2) is 0 Å². The van der Waals surface area contributed by atoms with E-state index in [4.69, 9.17) is 16.7 Å². The van der Waals surface area contributed by atoms with Gasteiger partial charge in [0, 0.05) is 23.5 Å². The summed E-state index contributed by atoms with van der Waals surface area (Å²) in [6, 6.07) is 3.89. The Morgan fingerprint density at radius 2 is 2.36 bits per heavy atom. The first kappa shape index (κ1) is 15.2. The number of halogens is 1. The van der Waals surface area contributed by atoms with E-state index in [-0.39, 0.29) is 6.61 Å². The van der Waals surface area contributed by atoms with E-state index in [0.29, 0.717) is 22.0 Å². The predicted molar refractivity (Wildman–Crippen MR) is 89.4 cm³/mol. The van der Waals surface area contributed by atoms with Crippen LogP contribution in [0.5, 0.6) is 0 Å². The molecule has 1 aliphatic rings. The average Bonchev–Trinajstić information content (AvgIpc) is 3.20. The SMILES string of the molecule is N#C/C(=C1/SC=C(c2ncc(CO)cc2Cl)S1)n1ccnc1. The third-order valence-electron chi connectivity index (χ3n) is 2.85. The van der Waals surface area contributed by atoms with Gasteiger partial charge < -0.3 is 5.11 Å². The van der Waals surface area contributed by atoms with Crippen molar-refractivity contribution >= 4 is 45.7 Å². The Kier molecular flexibility index (Phi) is 4.55. The van der Waals surface area contributed by atoms with Gasteiger partial charge in [-0.1, -0.05) is 35.1 Å². The van der Waals surface area contributed by atoms with Crippen molar-refractivity contribution in [1.29, 1.82) is 5.26 Å². The molecule has 0 spiro atoms. The Morgan fingerprint density at radius 1 is 1.50 bits per heavy atom. The fourth-order valence-corrected chi connectivity index (χ4v) is 4.39. The number of nitriles is 1. The highest BCUT2D eigenvalue weighted by atomic mass is 35.5. The van der Waals surface area contributed by atoms with E-state index in [0.717, 1.165) is 9.14 Å². The minimum atomic E-state index is -0.0989. The molecule has 0 saturated heterocycles. The summed E-state index contributed by atoms with van der Waals surface area (Å²) in [6.07, 6.45) is 6.54. The Bertz CT molecular complexity index is 809. The molecule has 22 heavy (non-hydrogen) atoms. The summed E-state index contributed by atoms with van der Waals surface area (Å²) in [5.41, 5.74) is 1.83. The summed E-state index contributed by atoms with van der Waals surface area (Å²) in [7, 11) is 0. The average molecular weight is 349 g/mol. The summed E-state index contributed by atoms with van der Waals surface area (Å²) >= 11 is 9.12. The van der Waals surface area contributed by atoms with Gasteiger partial charge in [0.2, 0.25) is 0 Å². The number of aliphatic hydroxyl groups is 1. The molecular formula is C14H9ClN4OS2. The largest absolute Gasteiger partial charge is 0.392 e. The Labute approximate surface area is 140 Å². The molecule has 0 aliphatic carbocycles. The van der Waals surface area contributed by atoms with Gasteiger partial charge in [-0.05, 0) is 17.0 Å². The van der Waals surface area contributed by atoms with Crippen molar-refractivity contribution in [2.24, 2.45) is 0 Å². The van der Waals surface area contributed by atoms with Crippen LogP contribution in [-0.4, -0.2) is 19.6 Å². The van der Waals surface area contributed by atoms with Crippen LogP contribution in [0.3, 0.4) is 0 Å². The lowest BCUT2D eigenvalue weighted by atomic mass is 10.2. The summed E-state index contributed by atoms with van der Waals surface area (Å²) in [5.74, 6) is 0. The number of aromatic nitrogens is 3. The number of nitrogens with zero attached hydrogens (tertiary/aromatic N) is 4. The molecule has 0 unspecified atom stereocenters. The molecule has 3 heterocycles. The van der Waals surface area contributed by atoms with E-state index in [1.54, 1.807) is 35.6 Å². The first-order valence-electron chi connectivity index (χ1n) is 6.16. The number of aliphatic hydroxyl groups excluding tert-OH is 1. The van der Waals surface area contributed by atoms with Gasteiger partial charge in [0.25, 0.3) is 0 Å². The molecule has 2 aromatic heterocycles. The third-order valence-corrected chi connectivity index (χ3v) is 5.50. The first-order chi connectivity index (χ1) is 10.7. The molecule has 8 heteroatoms. The number of hydrogen-bond donors (Lipinski definition) is 1. The predicted octanol–water partition coefficient (Wildman–Crippen LogP) is 3.55. The van der Waals surface area contributed by atoms with Crippen molar-refractivity contribution in [3.63, 3.8) is 0 Å². The Morgan fingerprint density at radius 3 is 3.00 bits per heavy atom. The van der Waals surface area contributed by atoms with Crippen LogP contribution >= 0.6 is 35.1 Å². The summed E-state index contributed by atoms with van der Waals surface area (Å²) < 4.78 is 2.52. The minimum Gasteiger partial charge on any atom is -0.392 e. The molecule has 0 atom stereocenters. The molecule has 3 rings (SSSR count). The topological polar surface area (TPSA) is 74.7 Å². The number of imidazole rings is 1. The second kappa shape index (κ2) is 6.58. The van der Waals surface area contributed by atoms with E-state index in [9.17, 15) is 5.26 Å². The molecule has 5 nitrogen and oxygen atoms in total. The zero-order valence-corrected chi connectivity index (χ0v) is 13.5. The fourth-order valence-electron chi connectivity index (χ4n) is 1.81. The van der Waals surface area contributed by atoms with E-state index in [1.165, 1.54) is 23.5 Å². The van der Waals surface area contributed by atoms with Gasteiger partial charge in [0.1, 0.15) is 11.8 Å². The molecule has 0 bridgehead atoms. The van der Waals surface area contributed by atoms with Crippen molar-refractivity contribution in [2.45, 2.75) is 6.61 Å². The van der Waals surface area contributed by atoms with E-state index in [1.807, 2.05) is 5.41 Å². The molecule has 2 aromatic rings. The van der Waals surface area contributed by atoms with Crippen LogP contribution in [0.4, 0.5) is 0 Å². The van der Waals surface area contributed by atoms with Crippen molar-refractivity contribution in [2.75, 3.05) is 0 Å². The highest BCUT2D eigenvalue weighted by Gasteiger charge is 2.21. The maximum atomic E-state index is 9.36. The first-order valence-corrected chi connectivity index (χ1v) is 8.23. The van der Waals surface area contributed by atoms with Crippen LogP contribution < -0.4 is 0 Å². The molecule has 0 fully saturated rings. The maximum absolute atomic E-state index is 9.36. The summed E-state index contributed by atoms with van der Waals surface area (Å²) in [6.45, 7) is -0.0989. The van der Waals surface area contributed by atoms with Crippen LogP contribution in [0, 0.1) is 11.3 Å². The van der Waals surface area contributed by atoms with Crippen molar-refractivity contribution < 1.29 is 5.11 Å². The molecule has 0 radical (unpaired) electrons. The Hall–Kier alpha value is -1.72. The summed E-state index contributed by atoms with van der Waals surface area (Å²) in [5, 5.41) is 20.9. The lowest BCUT2D eigenvalue weighted by Crippen LogP contribution is -1.93. The normalized spacial score (nSPS) is 16.3. The zero-order chi connectivity index (χ0) is 15.5. The van der Waals surface area contributed by atoms with Crippen LogP contribution in [0.1, 0.15) is 11.3 Å². The lowest BCUT2D eigenvalue weighted by Gasteiger charge is -2.06. The zero-order valence-electron chi connectivity index (χ0n) is 11.1. The van der Waals surface area contributed by atoms with Gasteiger partial charge in [-0.2, -0.15) is 5.26 Å². The van der Waals surface area contributed by atoms with Gasteiger partial charge >= 0.3 is 0 Å². The lowest BCUT2D eigenvalue weighted by molar-refractivity contribution is 0.281. The van der Waals surface area contributed by atoms with Crippen molar-refractivity contribution in [1.82, 2.24) is 14.5 Å². The maximum Gasteiger partial charge on any atom is 0.146 e. The fraction of sp³-hybridized carbons (Fsp3) is 0.0714. The molecule has 1 aliphatic heterocycles. The Balaban J connectivity index is 1.90. The van der Waals surface area contributed by atoms with Crippen molar-refractivity contribution in [3.8, 4) is 6.07 Å². The molecule has 0 aromatic carbocycles. The van der Waals surface area contributed by atoms with E-state index in [2.05, 4.69) is 16.0 Å². The van der Waals surface area contributed by atoms with Gasteiger partial charge in [-0.15, -0.1) is 0 Å². The minimum absolute atomic E-state index is 0.0989. The highest BCUT2D eigenvalue weighted by Crippen LogP contribution is 2.51. The molecule has 1 N–H and O–H groups in total. The van der Waals surface area contributed by atoms with Gasteiger partial charge in [-0.3, -0.25) is 9.55 Å². The van der Waals surface area contributed by atoms with Crippen LogP contribution in [-0.2, 0) is 6.61 Å². The number of hydrogen-bond acceptors (Lipinski definition) is 6. The van der Waals surface area contributed by atoms with Crippen LogP contribution in [0.15, 0.2) is 40.6 Å². The quantitative estimate of drug-likeness (QED) is 0.855. The second-order valence-electron chi connectivity index (χ2n) is 4.25. The van der Waals surface area contributed by atoms with Gasteiger partial charge in [-0.25, -0.2) is 4.98 Å². The second-order valence-corrected chi connectivity index (χ2v) is 6.85. The number of rotatable bonds is 3. The monoisotopic (exact) mass is 348 g/mol. The summed E-state index contributed by atoms with van der Waals surface area (Å²) in [4.78, 5) is 9.13. The standard InChI is InChI=1S/C14H9ClN4OS2/c15-10-3-9(6-20)5-18-13(10)12-7-21-14(22-12)11(4-16)19-2-1-17-8-19/h1-3,5,7-8,20H,6H2/b14-11+. The van der Waals surface area contributed by atoms with Crippen molar-refractivity contribution in [3.05, 3.63) is 56.9 Å². The third kappa shape index (κ3) is 2.91. The number of pyridine rings is 1. The molecule has 110 valence electrons. The number of allylic oxidation sites excluding steroid dienone is 1. The van der Waals surface area contributed by atoms with Crippen LogP contribution in [0.25, 0.3) is 10.6 Å². The van der Waals surface area contributed by atoms with Gasteiger partial charge in [0.05, 0.1) is 27.9 Å². The number of thioether (sulfide) groups is 2. The van der Waals surface area contributed by atoms with E-state index >= 15 is 0 Å². The molecule has 0 saturated carbocycles. The molecule has 0 amide bonds. The molecular weight excluding hydrogens is 340 g/mol. The smallest absolute Gasteiger partial charge is 0.146 e.